The van der Waals surface area contributed by atoms with Crippen LogP contribution in [0.4, 0.5) is 0 Å². The lowest BCUT2D eigenvalue weighted by molar-refractivity contribution is 0.365. The first kappa shape index (κ1) is 15.2. The van der Waals surface area contributed by atoms with E-state index in [9.17, 15) is 0 Å². The summed E-state index contributed by atoms with van der Waals surface area (Å²) in [4.78, 5) is 8.03. The summed E-state index contributed by atoms with van der Waals surface area (Å²) in [6, 6.07) is 26.2. The molecule has 0 spiro atoms. The van der Waals surface area contributed by atoms with Crippen molar-refractivity contribution in [1.82, 2.24) is 9.97 Å². The van der Waals surface area contributed by atoms with Crippen LogP contribution < -0.4 is 4.74 Å². The van der Waals surface area contributed by atoms with Gasteiger partial charge in [-0.15, -0.1) is 0 Å². The maximum absolute atomic E-state index is 5.96. The largest absolute Gasteiger partial charge is 0.489 e. The van der Waals surface area contributed by atoms with Crippen molar-refractivity contribution in [3.63, 3.8) is 0 Å². The first-order valence-corrected chi connectivity index (χ1v) is 8.29. The predicted octanol–water partition coefficient (Wildman–Crippen LogP) is 5.32. The topological polar surface area (TPSA) is 37.9 Å². The van der Waals surface area contributed by atoms with Gasteiger partial charge in [0.25, 0.3) is 0 Å². The highest BCUT2D eigenvalue weighted by Crippen LogP contribution is 2.29. The Labute approximate surface area is 146 Å². The SMILES string of the molecule is C(=Cc1ccccc1)COc1ccccc1-c1nc2ccccc2[nH]1. The van der Waals surface area contributed by atoms with Crippen molar-refractivity contribution < 1.29 is 4.74 Å². The highest BCUT2D eigenvalue weighted by atomic mass is 16.5. The molecule has 0 amide bonds. The molecule has 0 bridgehead atoms. The van der Waals surface area contributed by atoms with Crippen LogP contribution in [0.1, 0.15) is 5.56 Å². The van der Waals surface area contributed by atoms with Gasteiger partial charge in [0.15, 0.2) is 0 Å². The molecular formula is C22H18N2O. The fourth-order valence-corrected chi connectivity index (χ4v) is 2.75. The fourth-order valence-electron chi connectivity index (χ4n) is 2.75. The Balaban J connectivity index is 1.54. The Morgan fingerprint density at radius 1 is 0.840 bits per heavy atom. The zero-order chi connectivity index (χ0) is 16.9. The number of hydrogen-bond donors (Lipinski definition) is 1. The molecule has 0 atom stereocenters. The smallest absolute Gasteiger partial charge is 0.142 e. The van der Waals surface area contributed by atoms with Gasteiger partial charge in [-0.3, -0.25) is 0 Å². The number of rotatable bonds is 5. The quantitative estimate of drug-likeness (QED) is 0.539. The fraction of sp³-hybridized carbons (Fsp3) is 0.0455. The minimum Gasteiger partial charge on any atom is -0.489 e. The second-order valence-electron chi connectivity index (χ2n) is 5.72. The number of ether oxygens (including phenoxy) is 1. The molecule has 1 heterocycles. The van der Waals surface area contributed by atoms with Crippen LogP contribution in [0.5, 0.6) is 5.75 Å². The zero-order valence-corrected chi connectivity index (χ0v) is 13.7. The summed E-state index contributed by atoms with van der Waals surface area (Å²) in [6.07, 6.45) is 4.08. The molecule has 0 saturated carbocycles. The van der Waals surface area contributed by atoms with Crippen molar-refractivity contribution in [1.29, 1.82) is 0 Å². The third kappa shape index (κ3) is 3.45. The van der Waals surface area contributed by atoms with Crippen molar-refractivity contribution in [3.05, 3.63) is 90.5 Å². The van der Waals surface area contributed by atoms with Gasteiger partial charge in [-0.2, -0.15) is 0 Å². The Morgan fingerprint density at radius 3 is 2.48 bits per heavy atom. The molecule has 3 heteroatoms. The number of aromatic nitrogens is 2. The Morgan fingerprint density at radius 2 is 1.60 bits per heavy atom. The zero-order valence-electron chi connectivity index (χ0n) is 13.7. The van der Waals surface area contributed by atoms with Crippen LogP contribution in [0.2, 0.25) is 0 Å². The van der Waals surface area contributed by atoms with Crippen molar-refractivity contribution in [3.8, 4) is 17.1 Å². The molecule has 3 aromatic carbocycles. The summed E-state index contributed by atoms with van der Waals surface area (Å²) in [5.41, 5.74) is 4.11. The van der Waals surface area contributed by atoms with E-state index in [2.05, 4.69) is 28.2 Å². The number of fused-ring (bicyclic) bond motifs is 1. The van der Waals surface area contributed by atoms with Crippen molar-refractivity contribution in [2.75, 3.05) is 6.61 Å². The van der Waals surface area contributed by atoms with Gasteiger partial charge in [-0.05, 0) is 35.9 Å². The van der Waals surface area contributed by atoms with Gasteiger partial charge in [-0.25, -0.2) is 4.98 Å². The van der Waals surface area contributed by atoms with Crippen LogP contribution in [0.25, 0.3) is 28.5 Å². The molecular weight excluding hydrogens is 308 g/mol. The van der Waals surface area contributed by atoms with Crippen molar-refractivity contribution in [2.24, 2.45) is 0 Å². The average molecular weight is 326 g/mol. The number of H-pyrrole nitrogens is 1. The summed E-state index contributed by atoms with van der Waals surface area (Å²) in [5, 5.41) is 0. The lowest BCUT2D eigenvalue weighted by Crippen LogP contribution is -1.96. The summed E-state index contributed by atoms with van der Waals surface area (Å²) in [5.74, 6) is 1.64. The average Bonchev–Trinajstić information content (AvgIpc) is 3.10. The summed E-state index contributed by atoms with van der Waals surface area (Å²) in [6.45, 7) is 0.506. The number of para-hydroxylation sites is 3. The highest BCUT2D eigenvalue weighted by molar-refractivity contribution is 5.80. The molecule has 0 aliphatic heterocycles. The molecule has 25 heavy (non-hydrogen) atoms. The minimum atomic E-state index is 0.506. The third-order valence-electron chi connectivity index (χ3n) is 3.98. The van der Waals surface area contributed by atoms with Crippen LogP contribution in [-0.4, -0.2) is 16.6 Å². The Bertz CT molecular complexity index is 970. The molecule has 0 aliphatic rings. The molecule has 4 rings (SSSR count). The molecule has 0 saturated heterocycles. The molecule has 122 valence electrons. The minimum absolute atomic E-state index is 0.506. The summed E-state index contributed by atoms with van der Waals surface area (Å²) in [7, 11) is 0. The Hall–Kier alpha value is -3.33. The number of aromatic amines is 1. The van der Waals surface area contributed by atoms with Crippen LogP contribution in [0.15, 0.2) is 84.9 Å². The van der Waals surface area contributed by atoms with Crippen molar-refractivity contribution in [2.45, 2.75) is 0 Å². The van der Waals surface area contributed by atoms with E-state index in [1.807, 2.05) is 72.8 Å². The number of hydrogen-bond acceptors (Lipinski definition) is 2. The molecule has 1 aromatic heterocycles. The monoisotopic (exact) mass is 326 g/mol. The van der Waals surface area contributed by atoms with Gasteiger partial charge in [0.05, 0.1) is 16.6 Å². The van der Waals surface area contributed by atoms with E-state index in [0.717, 1.165) is 33.7 Å². The molecule has 0 aliphatic carbocycles. The molecule has 0 radical (unpaired) electrons. The second-order valence-corrected chi connectivity index (χ2v) is 5.72. The van der Waals surface area contributed by atoms with Crippen LogP contribution in [-0.2, 0) is 0 Å². The molecule has 0 unspecified atom stereocenters. The first-order valence-electron chi connectivity index (χ1n) is 8.29. The van der Waals surface area contributed by atoms with E-state index in [1.54, 1.807) is 0 Å². The lowest BCUT2D eigenvalue weighted by Gasteiger charge is -2.08. The van der Waals surface area contributed by atoms with Gasteiger partial charge in [-0.1, -0.05) is 60.7 Å². The van der Waals surface area contributed by atoms with Gasteiger partial charge < -0.3 is 9.72 Å². The summed E-state index contributed by atoms with van der Waals surface area (Å²) >= 11 is 0. The lowest BCUT2D eigenvalue weighted by atomic mass is 10.2. The van der Waals surface area contributed by atoms with Gasteiger partial charge >= 0.3 is 0 Å². The van der Waals surface area contributed by atoms with Gasteiger partial charge in [0, 0.05) is 0 Å². The Kier molecular flexibility index (Phi) is 4.29. The number of benzene rings is 3. The molecule has 3 nitrogen and oxygen atoms in total. The van der Waals surface area contributed by atoms with E-state index in [4.69, 9.17) is 4.74 Å². The third-order valence-corrected chi connectivity index (χ3v) is 3.98. The van der Waals surface area contributed by atoms with Crippen LogP contribution in [0.3, 0.4) is 0 Å². The molecule has 1 N–H and O–H groups in total. The van der Waals surface area contributed by atoms with E-state index in [1.165, 1.54) is 0 Å². The summed E-state index contributed by atoms with van der Waals surface area (Å²) < 4.78 is 5.96. The van der Waals surface area contributed by atoms with Crippen LogP contribution >= 0.6 is 0 Å². The van der Waals surface area contributed by atoms with E-state index < -0.39 is 0 Å². The predicted molar refractivity (Wildman–Crippen MR) is 103 cm³/mol. The standard InChI is InChI=1S/C22H18N2O/c1-2-9-17(10-3-1)11-8-16-25-21-15-7-4-12-18(21)22-23-19-13-5-6-14-20(19)24-22/h1-15H,16H2,(H,23,24). The maximum atomic E-state index is 5.96. The van der Waals surface area contributed by atoms with Gasteiger partial charge in [0.2, 0.25) is 0 Å². The molecule has 0 fully saturated rings. The second kappa shape index (κ2) is 7.05. The number of nitrogens with zero attached hydrogens (tertiary/aromatic N) is 1. The van der Waals surface area contributed by atoms with E-state index >= 15 is 0 Å². The molecule has 4 aromatic rings. The highest BCUT2D eigenvalue weighted by Gasteiger charge is 2.09. The van der Waals surface area contributed by atoms with Gasteiger partial charge in [0.1, 0.15) is 18.2 Å². The normalized spacial score (nSPS) is 11.2. The maximum Gasteiger partial charge on any atom is 0.142 e. The first-order chi connectivity index (χ1) is 12.4. The van der Waals surface area contributed by atoms with Crippen molar-refractivity contribution >= 4 is 17.1 Å². The number of nitrogens with one attached hydrogen (secondary N) is 1. The van der Waals surface area contributed by atoms with E-state index in [0.29, 0.717) is 6.61 Å². The van der Waals surface area contributed by atoms with E-state index in [-0.39, 0.29) is 0 Å². The van der Waals surface area contributed by atoms with Crippen LogP contribution in [0, 0.1) is 0 Å². The number of imidazole rings is 1.